The highest BCUT2D eigenvalue weighted by Crippen LogP contribution is 2.34. The predicted molar refractivity (Wildman–Crippen MR) is 143 cm³/mol. The molecular weight excluding hydrogens is 500 g/mol. The van der Waals surface area contributed by atoms with Crippen LogP contribution in [0.25, 0.3) is 21.7 Å². The van der Waals surface area contributed by atoms with E-state index in [1.165, 1.54) is 11.3 Å². The molecule has 0 saturated heterocycles. The summed E-state index contributed by atoms with van der Waals surface area (Å²) in [5.74, 6) is 0.462. The predicted octanol–water partition coefficient (Wildman–Crippen LogP) is 6.52. The minimum atomic E-state index is -1.08. The molecule has 10 heteroatoms. The minimum Gasteiger partial charge on any atom is -0.490 e. The fraction of sp³-hybridized carbons (Fsp3) is 0.269. The summed E-state index contributed by atoms with van der Waals surface area (Å²) in [6.07, 6.45) is 2.39. The molecule has 0 atom stereocenters. The smallest absolute Gasteiger partial charge is 0.339 e. The van der Waals surface area contributed by atoms with E-state index in [2.05, 4.69) is 29.1 Å². The van der Waals surface area contributed by atoms with Gasteiger partial charge in [-0.05, 0) is 48.1 Å². The zero-order valence-corrected chi connectivity index (χ0v) is 21.7. The number of rotatable bonds is 11. The van der Waals surface area contributed by atoms with Crippen LogP contribution < -0.4 is 10.1 Å². The van der Waals surface area contributed by atoms with Crippen LogP contribution in [0.3, 0.4) is 0 Å². The highest BCUT2D eigenvalue weighted by molar-refractivity contribution is 7.13. The third-order valence-corrected chi connectivity index (χ3v) is 6.52. The lowest BCUT2D eigenvalue weighted by Crippen LogP contribution is -2.06. The van der Waals surface area contributed by atoms with Gasteiger partial charge in [0.25, 0.3) is 0 Å². The highest BCUT2D eigenvalue weighted by atomic mass is 35.5. The van der Waals surface area contributed by atoms with E-state index in [9.17, 15) is 9.90 Å². The van der Waals surface area contributed by atoms with E-state index in [1.54, 1.807) is 19.4 Å². The summed E-state index contributed by atoms with van der Waals surface area (Å²) < 4.78 is 10.7. The average molecular weight is 527 g/mol. The van der Waals surface area contributed by atoms with Crippen molar-refractivity contribution < 1.29 is 19.4 Å². The van der Waals surface area contributed by atoms with Crippen LogP contribution in [0.15, 0.2) is 48.0 Å². The van der Waals surface area contributed by atoms with Gasteiger partial charge in [-0.25, -0.2) is 14.8 Å². The lowest BCUT2D eigenvalue weighted by Gasteiger charge is -2.10. The molecule has 188 valence electrons. The number of hydrogen-bond acceptors (Lipinski definition) is 7. The Morgan fingerprint density at radius 2 is 2.06 bits per heavy atom. The highest BCUT2D eigenvalue weighted by Gasteiger charge is 2.19. The molecule has 0 spiro atoms. The number of ether oxygens (including phenoxy) is 2. The van der Waals surface area contributed by atoms with E-state index in [0.717, 1.165) is 33.8 Å². The second-order valence-electron chi connectivity index (χ2n) is 8.52. The number of carbonyl (C=O) groups is 1. The minimum absolute atomic E-state index is 0.0601. The molecule has 8 nitrogen and oxygen atoms in total. The molecule has 0 saturated carbocycles. The van der Waals surface area contributed by atoms with Gasteiger partial charge in [0, 0.05) is 35.0 Å². The van der Waals surface area contributed by atoms with Crippen LogP contribution in [0.5, 0.6) is 5.75 Å². The summed E-state index contributed by atoms with van der Waals surface area (Å²) in [6, 6.07) is 11.0. The first-order valence-electron chi connectivity index (χ1n) is 11.4. The summed E-state index contributed by atoms with van der Waals surface area (Å²) >= 11 is 8.00. The lowest BCUT2D eigenvalue weighted by atomic mass is 10.0. The molecule has 4 aromatic rings. The molecule has 0 amide bonds. The Morgan fingerprint density at radius 3 is 2.72 bits per heavy atom. The van der Waals surface area contributed by atoms with E-state index in [1.807, 2.05) is 35.7 Å². The third-order valence-electron chi connectivity index (χ3n) is 5.30. The van der Waals surface area contributed by atoms with Crippen LogP contribution in [0, 0.1) is 5.92 Å². The second kappa shape index (κ2) is 11.6. The van der Waals surface area contributed by atoms with Gasteiger partial charge < -0.3 is 24.9 Å². The molecule has 0 aliphatic carbocycles. The van der Waals surface area contributed by atoms with Crippen molar-refractivity contribution in [1.29, 1.82) is 0 Å². The van der Waals surface area contributed by atoms with Crippen molar-refractivity contribution in [3.05, 3.63) is 64.3 Å². The summed E-state index contributed by atoms with van der Waals surface area (Å²) in [4.78, 5) is 25.4. The van der Waals surface area contributed by atoms with Crippen molar-refractivity contribution in [3.63, 3.8) is 0 Å². The number of methoxy groups -OCH3 is 1. The largest absolute Gasteiger partial charge is 0.490 e. The third kappa shape index (κ3) is 6.04. The fourth-order valence-corrected chi connectivity index (χ4v) is 4.62. The Labute approximate surface area is 218 Å². The van der Waals surface area contributed by atoms with Crippen molar-refractivity contribution >= 4 is 40.7 Å². The van der Waals surface area contributed by atoms with Gasteiger partial charge in [0.1, 0.15) is 23.7 Å². The number of pyridine rings is 1. The van der Waals surface area contributed by atoms with Gasteiger partial charge in [-0.15, -0.1) is 11.3 Å². The SMILES string of the molecule is COCCOc1ccc(-c2nc(Nc3ncc(-c4cccs4)cc3C(=O)O)[nH]c2CC(C)C)cc1Cl. The monoisotopic (exact) mass is 526 g/mol. The van der Waals surface area contributed by atoms with Crippen molar-refractivity contribution in [2.24, 2.45) is 5.92 Å². The number of imidazole rings is 1. The van der Waals surface area contributed by atoms with Crippen LogP contribution >= 0.6 is 22.9 Å². The zero-order valence-electron chi connectivity index (χ0n) is 20.2. The number of carboxylic acids is 1. The molecule has 36 heavy (non-hydrogen) atoms. The van der Waals surface area contributed by atoms with Gasteiger partial charge >= 0.3 is 5.97 Å². The zero-order chi connectivity index (χ0) is 25.7. The van der Waals surface area contributed by atoms with E-state index in [0.29, 0.717) is 35.9 Å². The average Bonchev–Trinajstić information content (AvgIpc) is 3.50. The number of aromatic amines is 1. The first-order valence-corrected chi connectivity index (χ1v) is 12.7. The molecule has 3 N–H and O–H groups in total. The number of thiophene rings is 1. The molecular formula is C26H27ClN4O4S. The number of halogens is 1. The standard InChI is InChI=1S/C26H27ClN4O4S/c1-15(2)11-20-23(16-6-7-21(19(27)13-16)35-9-8-34-3)30-26(29-20)31-24-18(25(32)33)12-17(14-28-24)22-5-4-10-36-22/h4-7,10,12-15H,8-9,11H2,1-3H3,(H,32,33)(H2,28,29,30,31). The molecule has 0 aliphatic rings. The van der Waals surface area contributed by atoms with Gasteiger partial charge in [-0.1, -0.05) is 31.5 Å². The number of nitrogens with zero attached hydrogens (tertiary/aromatic N) is 2. The van der Waals surface area contributed by atoms with Crippen molar-refractivity contribution in [2.45, 2.75) is 20.3 Å². The summed E-state index contributed by atoms with van der Waals surface area (Å²) in [6.45, 7) is 5.09. The summed E-state index contributed by atoms with van der Waals surface area (Å²) in [5, 5.41) is 15.3. The topological polar surface area (TPSA) is 109 Å². The van der Waals surface area contributed by atoms with Crippen molar-refractivity contribution in [2.75, 3.05) is 25.6 Å². The van der Waals surface area contributed by atoms with Gasteiger partial charge in [0.05, 0.1) is 17.3 Å². The molecule has 3 heterocycles. The maximum absolute atomic E-state index is 12.0. The Kier molecular flexibility index (Phi) is 8.25. The Bertz CT molecular complexity index is 1340. The van der Waals surface area contributed by atoms with E-state index < -0.39 is 5.97 Å². The van der Waals surface area contributed by atoms with Gasteiger partial charge in [0.2, 0.25) is 5.95 Å². The number of aromatic nitrogens is 3. The van der Waals surface area contributed by atoms with Gasteiger partial charge in [0.15, 0.2) is 0 Å². The van der Waals surface area contributed by atoms with Crippen LogP contribution in [0.4, 0.5) is 11.8 Å². The number of anilines is 2. The van der Waals surface area contributed by atoms with E-state index in [-0.39, 0.29) is 11.4 Å². The lowest BCUT2D eigenvalue weighted by molar-refractivity contribution is 0.0697. The normalized spacial score (nSPS) is 11.1. The quantitative estimate of drug-likeness (QED) is 0.191. The van der Waals surface area contributed by atoms with Crippen molar-refractivity contribution in [3.8, 4) is 27.4 Å². The first kappa shape index (κ1) is 25.7. The Morgan fingerprint density at radius 1 is 1.22 bits per heavy atom. The van der Waals surface area contributed by atoms with E-state index >= 15 is 0 Å². The van der Waals surface area contributed by atoms with Crippen molar-refractivity contribution in [1.82, 2.24) is 15.0 Å². The molecule has 0 radical (unpaired) electrons. The number of benzene rings is 1. The van der Waals surface area contributed by atoms with Crippen LogP contribution in [0.2, 0.25) is 5.02 Å². The van der Waals surface area contributed by atoms with Crippen LogP contribution in [-0.4, -0.2) is 46.4 Å². The van der Waals surface area contributed by atoms with Crippen LogP contribution in [0.1, 0.15) is 29.9 Å². The molecule has 0 fully saturated rings. The molecule has 3 aromatic heterocycles. The number of carboxylic acid groups (broad SMARTS) is 1. The summed E-state index contributed by atoms with van der Waals surface area (Å²) in [5.41, 5.74) is 3.26. The Hall–Kier alpha value is -3.40. The molecule has 1 aromatic carbocycles. The van der Waals surface area contributed by atoms with E-state index in [4.69, 9.17) is 26.1 Å². The number of aromatic carboxylic acids is 1. The molecule has 4 rings (SSSR count). The van der Waals surface area contributed by atoms with Gasteiger partial charge in [-0.2, -0.15) is 0 Å². The number of H-pyrrole nitrogens is 1. The Balaban J connectivity index is 1.65. The second-order valence-corrected chi connectivity index (χ2v) is 9.88. The summed E-state index contributed by atoms with van der Waals surface area (Å²) in [7, 11) is 1.61. The first-order chi connectivity index (χ1) is 17.4. The van der Waals surface area contributed by atoms with Crippen LogP contribution in [-0.2, 0) is 11.2 Å². The van der Waals surface area contributed by atoms with Gasteiger partial charge in [-0.3, -0.25) is 0 Å². The molecule has 0 unspecified atom stereocenters. The molecule has 0 aliphatic heterocycles. The number of hydrogen-bond donors (Lipinski definition) is 3. The maximum Gasteiger partial charge on any atom is 0.339 e. The maximum atomic E-state index is 12.0. The number of nitrogens with one attached hydrogen (secondary N) is 2. The molecule has 0 bridgehead atoms. The fourth-order valence-electron chi connectivity index (χ4n) is 3.68.